The van der Waals surface area contributed by atoms with Crippen molar-refractivity contribution in [2.24, 2.45) is 5.14 Å². The lowest BCUT2D eigenvalue weighted by Gasteiger charge is -2.33. The van der Waals surface area contributed by atoms with E-state index in [4.69, 9.17) is 5.14 Å². The number of carbonyl (C=O) groups excluding carboxylic acids is 1. The number of aromatic nitrogens is 1. The molecule has 3 aromatic rings. The van der Waals surface area contributed by atoms with Crippen LogP contribution in [0.15, 0.2) is 59.8 Å². The van der Waals surface area contributed by atoms with E-state index in [-0.39, 0.29) is 33.8 Å². The summed E-state index contributed by atoms with van der Waals surface area (Å²) in [6, 6.07) is 14.0. The minimum absolute atomic E-state index is 0.231. The Hall–Kier alpha value is -3.30. The van der Waals surface area contributed by atoms with Gasteiger partial charge in [0.05, 0.1) is 11.3 Å². The van der Waals surface area contributed by atoms with E-state index in [9.17, 15) is 17.6 Å². The highest BCUT2D eigenvalue weighted by Gasteiger charge is 2.29. The van der Waals surface area contributed by atoms with Crippen LogP contribution >= 0.6 is 0 Å². The Labute approximate surface area is 198 Å². The number of aryl methyl sites for hydroxylation is 1. The summed E-state index contributed by atoms with van der Waals surface area (Å²) in [7, 11) is -4.07. The lowest BCUT2D eigenvalue weighted by molar-refractivity contribution is 0.0713. The normalized spacial score (nSPS) is 14.8. The lowest BCUT2D eigenvalue weighted by atomic mass is 9.89. The highest BCUT2D eigenvalue weighted by Crippen LogP contribution is 2.33. The maximum atomic E-state index is 13.5. The van der Waals surface area contributed by atoms with Crippen molar-refractivity contribution in [2.45, 2.75) is 37.6 Å². The predicted molar refractivity (Wildman–Crippen MR) is 129 cm³/mol. The van der Waals surface area contributed by atoms with Gasteiger partial charge in [0.25, 0.3) is 15.9 Å². The van der Waals surface area contributed by atoms with Gasteiger partial charge in [0.2, 0.25) is 0 Å². The molecule has 178 valence electrons. The zero-order valence-electron chi connectivity index (χ0n) is 19.1. The van der Waals surface area contributed by atoms with Gasteiger partial charge in [-0.2, -0.15) is 0 Å². The van der Waals surface area contributed by atoms with Gasteiger partial charge >= 0.3 is 0 Å². The summed E-state index contributed by atoms with van der Waals surface area (Å²) in [6.45, 7) is 4.56. The molecule has 3 N–H and O–H groups in total. The van der Waals surface area contributed by atoms with Crippen LogP contribution in [0.2, 0.25) is 0 Å². The summed E-state index contributed by atoms with van der Waals surface area (Å²) in [5.74, 6) is -0.250. The second kappa shape index (κ2) is 9.52. The molecule has 0 unspecified atom stereocenters. The molecule has 0 aliphatic carbocycles. The molecule has 9 heteroatoms. The van der Waals surface area contributed by atoms with Crippen LogP contribution in [-0.4, -0.2) is 37.3 Å². The minimum Gasteiger partial charge on any atom is -0.354 e. The van der Waals surface area contributed by atoms with Gasteiger partial charge in [-0.05, 0) is 61.9 Å². The molecule has 0 atom stereocenters. The Balaban J connectivity index is 1.63. The van der Waals surface area contributed by atoms with E-state index in [1.807, 2.05) is 31.2 Å². The van der Waals surface area contributed by atoms with E-state index >= 15 is 0 Å². The zero-order chi connectivity index (χ0) is 24.5. The van der Waals surface area contributed by atoms with Crippen LogP contribution in [0.1, 0.15) is 45.8 Å². The monoisotopic (exact) mass is 482 g/mol. The first-order chi connectivity index (χ1) is 16.1. The van der Waals surface area contributed by atoms with Crippen LogP contribution < -0.4 is 10.5 Å². The average Bonchev–Trinajstić information content (AvgIpc) is 2.81. The topological polar surface area (TPSA) is 105 Å². The van der Waals surface area contributed by atoms with Gasteiger partial charge in [-0.25, -0.2) is 22.9 Å². The number of piperidine rings is 1. The fraction of sp³-hybridized carbons (Fsp3) is 0.280. The van der Waals surface area contributed by atoms with Crippen molar-refractivity contribution >= 4 is 27.3 Å². The summed E-state index contributed by atoms with van der Waals surface area (Å²) in [5.41, 5.74) is 3.70. The molecular formula is C25H27FN4O3S. The Morgan fingerprint density at radius 1 is 1.09 bits per heavy atom. The summed E-state index contributed by atoms with van der Waals surface area (Å²) in [6.07, 6.45) is 2.78. The van der Waals surface area contributed by atoms with Crippen LogP contribution in [0.4, 0.5) is 15.8 Å². The van der Waals surface area contributed by atoms with Gasteiger partial charge in [-0.15, -0.1) is 0 Å². The molecule has 1 aliphatic rings. The molecular weight excluding hydrogens is 455 g/mol. The molecule has 1 aromatic heterocycles. The third-order valence-corrected chi connectivity index (χ3v) is 7.25. The number of hydrogen-bond donors (Lipinski definition) is 2. The molecule has 1 aliphatic heterocycles. The Morgan fingerprint density at radius 2 is 1.74 bits per heavy atom. The zero-order valence-corrected chi connectivity index (χ0v) is 19.9. The molecule has 4 rings (SSSR count). The Morgan fingerprint density at radius 3 is 2.35 bits per heavy atom. The third kappa shape index (κ3) is 4.95. The molecule has 2 heterocycles. The van der Waals surface area contributed by atoms with Crippen molar-refractivity contribution in [3.63, 3.8) is 0 Å². The van der Waals surface area contributed by atoms with Crippen LogP contribution in [-0.2, 0) is 10.0 Å². The highest BCUT2D eigenvalue weighted by atomic mass is 32.2. The molecule has 2 aromatic carbocycles. The standard InChI is InChI=1S/C25H27FN4O3S/c1-16-5-3-4-6-22(16)29-23-17(2)24(34(27,32)33)28-15-21(23)25(31)30-13-11-19(12-14-30)18-7-9-20(26)10-8-18/h3-10,15,19H,11-14H2,1-2H3,(H,28,29)(H2,27,32,33). The van der Waals surface area contributed by atoms with Crippen molar-refractivity contribution in [3.8, 4) is 0 Å². The second-order valence-electron chi connectivity index (χ2n) is 8.58. The number of nitrogens with two attached hydrogens (primary N) is 1. The number of hydrogen-bond acceptors (Lipinski definition) is 5. The number of likely N-dealkylation sites (tertiary alicyclic amines) is 1. The second-order valence-corrected chi connectivity index (χ2v) is 10.1. The number of amides is 1. The van der Waals surface area contributed by atoms with Crippen LogP contribution in [0.5, 0.6) is 0 Å². The van der Waals surface area contributed by atoms with Crippen molar-refractivity contribution in [1.82, 2.24) is 9.88 Å². The first kappa shape index (κ1) is 23.8. The number of nitrogens with zero attached hydrogens (tertiary/aromatic N) is 2. The number of sulfonamides is 1. The average molecular weight is 483 g/mol. The third-order valence-electron chi connectivity index (χ3n) is 6.30. The molecule has 0 bridgehead atoms. The molecule has 0 saturated carbocycles. The van der Waals surface area contributed by atoms with Gasteiger partial charge in [0.15, 0.2) is 5.03 Å². The molecule has 1 saturated heterocycles. The number of anilines is 2. The summed E-state index contributed by atoms with van der Waals surface area (Å²) in [4.78, 5) is 19.3. The minimum atomic E-state index is -4.07. The molecule has 1 fully saturated rings. The van der Waals surface area contributed by atoms with Crippen LogP contribution in [0.25, 0.3) is 0 Å². The van der Waals surface area contributed by atoms with Gasteiger partial charge in [0, 0.05) is 30.5 Å². The number of nitrogens with one attached hydrogen (secondary N) is 1. The van der Waals surface area contributed by atoms with Gasteiger partial charge < -0.3 is 10.2 Å². The smallest absolute Gasteiger partial charge is 0.257 e. The fourth-order valence-electron chi connectivity index (χ4n) is 4.37. The van der Waals surface area contributed by atoms with Crippen molar-refractivity contribution in [3.05, 3.63) is 82.8 Å². The molecule has 1 amide bonds. The number of pyridine rings is 1. The van der Waals surface area contributed by atoms with E-state index in [0.29, 0.717) is 18.8 Å². The number of halogens is 1. The van der Waals surface area contributed by atoms with Crippen molar-refractivity contribution in [1.29, 1.82) is 0 Å². The van der Waals surface area contributed by atoms with Crippen molar-refractivity contribution < 1.29 is 17.6 Å². The van der Waals surface area contributed by atoms with Gasteiger partial charge in [0.1, 0.15) is 5.82 Å². The molecule has 7 nitrogen and oxygen atoms in total. The largest absolute Gasteiger partial charge is 0.354 e. The van der Waals surface area contributed by atoms with E-state index in [1.165, 1.54) is 18.3 Å². The molecule has 34 heavy (non-hydrogen) atoms. The van der Waals surface area contributed by atoms with Gasteiger partial charge in [-0.1, -0.05) is 30.3 Å². The first-order valence-electron chi connectivity index (χ1n) is 11.0. The lowest BCUT2D eigenvalue weighted by Crippen LogP contribution is -2.38. The first-order valence-corrected chi connectivity index (χ1v) is 12.6. The van der Waals surface area contributed by atoms with Crippen molar-refractivity contribution in [2.75, 3.05) is 18.4 Å². The van der Waals surface area contributed by atoms with E-state index < -0.39 is 10.0 Å². The maximum absolute atomic E-state index is 13.5. The number of carbonyl (C=O) groups is 1. The van der Waals surface area contributed by atoms with Gasteiger partial charge in [-0.3, -0.25) is 4.79 Å². The van der Waals surface area contributed by atoms with Crippen LogP contribution in [0.3, 0.4) is 0 Å². The number of rotatable bonds is 5. The number of primary sulfonamides is 1. The number of benzene rings is 2. The van der Waals surface area contributed by atoms with E-state index in [0.717, 1.165) is 29.7 Å². The van der Waals surface area contributed by atoms with Crippen LogP contribution in [0, 0.1) is 19.7 Å². The maximum Gasteiger partial charge on any atom is 0.257 e. The molecule has 0 spiro atoms. The molecule has 0 radical (unpaired) electrons. The van der Waals surface area contributed by atoms with E-state index in [1.54, 1.807) is 24.0 Å². The van der Waals surface area contributed by atoms with E-state index in [2.05, 4.69) is 10.3 Å². The number of para-hydroxylation sites is 1. The fourth-order valence-corrected chi connectivity index (χ4v) is 5.10. The summed E-state index contributed by atoms with van der Waals surface area (Å²) >= 11 is 0. The Kier molecular flexibility index (Phi) is 6.67. The predicted octanol–water partition coefficient (Wildman–Crippen LogP) is 4.25. The Bertz CT molecular complexity index is 1320. The highest BCUT2D eigenvalue weighted by molar-refractivity contribution is 7.89. The summed E-state index contributed by atoms with van der Waals surface area (Å²) < 4.78 is 37.4. The SMILES string of the molecule is Cc1ccccc1Nc1c(C(=O)N2CCC(c3ccc(F)cc3)CC2)cnc(S(N)(=O)=O)c1C. The quantitative estimate of drug-likeness (QED) is 0.566. The summed E-state index contributed by atoms with van der Waals surface area (Å²) in [5, 5.41) is 8.33.